The summed E-state index contributed by atoms with van der Waals surface area (Å²) in [7, 11) is 1.70. The normalized spacial score (nSPS) is 11.2. The predicted octanol–water partition coefficient (Wildman–Crippen LogP) is 2.16. The molecule has 8 heteroatoms. The summed E-state index contributed by atoms with van der Waals surface area (Å²) in [5.41, 5.74) is 0.260. The molecule has 0 atom stereocenters. The van der Waals surface area contributed by atoms with Crippen molar-refractivity contribution in [3.05, 3.63) is 51.2 Å². The first-order valence-electron chi connectivity index (χ1n) is 5.54. The lowest BCUT2D eigenvalue weighted by molar-refractivity contribution is 0.507. The molecule has 0 radical (unpaired) electrons. The molecule has 2 heterocycles. The molecule has 0 saturated carbocycles. The monoisotopic (exact) mass is 340 g/mol. The Morgan fingerprint density at radius 3 is 2.70 bits per heavy atom. The summed E-state index contributed by atoms with van der Waals surface area (Å²) in [6, 6.07) is 3.17. The maximum atomic E-state index is 13.3. The largest absolute Gasteiger partial charge is 0.318 e. The van der Waals surface area contributed by atoms with Crippen molar-refractivity contribution in [3.8, 4) is 5.69 Å². The molecular formula is C12H7BrF2N4O. The first kappa shape index (κ1) is 12.9. The first-order valence-corrected chi connectivity index (χ1v) is 6.33. The molecule has 0 aliphatic heterocycles. The summed E-state index contributed by atoms with van der Waals surface area (Å²) < 4.78 is 29.2. The van der Waals surface area contributed by atoms with Gasteiger partial charge in [-0.15, -0.1) is 0 Å². The van der Waals surface area contributed by atoms with Crippen LogP contribution in [0.2, 0.25) is 0 Å². The van der Waals surface area contributed by atoms with Crippen molar-refractivity contribution in [2.75, 3.05) is 0 Å². The van der Waals surface area contributed by atoms with E-state index in [1.165, 1.54) is 12.4 Å². The van der Waals surface area contributed by atoms with E-state index < -0.39 is 17.2 Å². The highest BCUT2D eigenvalue weighted by atomic mass is 79.9. The molecule has 3 rings (SSSR count). The third-order valence-corrected chi connectivity index (χ3v) is 3.39. The van der Waals surface area contributed by atoms with Crippen LogP contribution in [0.25, 0.3) is 16.9 Å². The molecule has 0 aliphatic rings. The standard InChI is InChI=1S/C12H7BrF2N4O/c1-18-5-16-9-10(18)17-12(13)19(11(9)20)6-2-3-7(14)8(15)4-6/h2-5H,1H3. The Morgan fingerprint density at radius 2 is 2.00 bits per heavy atom. The topological polar surface area (TPSA) is 52.7 Å². The van der Waals surface area contributed by atoms with Crippen molar-refractivity contribution in [2.45, 2.75) is 0 Å². The van der Waals surface area contributed by atoms with Gasteiger partial charge < -0.3 is 4.57 Å². The highest BCUT2D eigenvalue weighted by Gasteiger charge is 2.15. The van der Waals surface area contributed by atoms with Crippen molar-refractivity contribution in [1.29, 1.82) is 0 Å². The maximum absolute atomic E-state index is 13.3. The minimum absolute atomic E-state index is 0.153. The van der Waals surface area contributed by atoms with Gasteiger partial charge in [-0.25, -0.2) is 18.7 Å². The smallest absolute Gasteiger partial charge is 0.286 e. The molecule has 5 nitrogen and oxygen atoms in total. The van der Waals surface area contributed by atoms with Crippen LogP contribution in [-0.4, -0.2) is 19.1 Å². The molecule has 0 saturated heterocycles. The van der Waals surface area contributed by atoms with Crippen LogP contribution in [0.3, 0.4) is 0 Å². The Hall–Kier alpha value is -2.09. The molecular weight excluding hydrogens is 334 g/mol. The molecule has 2 aromatic heterocycles. The highest BCUT2D eigenvalue weighted by Crippen LogP contribution is 2.17. The highest BCUT2D eigenvalue weighted by molar-refractivity contribution is 9.10. The van der Waals surface area contributed by atoms with Crippen LogP contribution in [0.1, 0.15) is 0 Å². The van der Waals surface area contributed by atoms with Gasteiger partial charge in [-0.2, -0.15) is 0 Å². The van der Waals surface area contributed by atoms with Crippen LogP contribution in [0, 0.1) is 11.6 Å². The Bertz CT molecular complexity index is 887. The van der Waals surface area contributed by atoms with E-state index in [4.69, 9.17) is 0 Å². The van der Waals surface area contributed by atoms with Crippen LogP contribution in [0.5, 0.6) is 0 Å². The van der Waals surface area contributed by atoms with Crippen LogP contribution in [-0.2, 0) is 7.05 Å². The average Bonchev–Trinajstić information content (AvgIpc) is 2.76. The number of halogens is 3. The van der Waals surface area contributed by atoms with Crippen LogP contribution >= 0.6 is 15.9 Å². The lowest BCUT2D eigenvalue weighted by atomic mass is 10.3. The first-order chi connectivity index (χ1) is 9.49. The van der Waals surface area contributed by atoms with Gasteiger partial charge in [0.1, 0.15) is 0 Å². The van der Waals surface area contributed by atoms with Crippen molar-refractivity contribution < 1.29 is 8.78 Å². The van der Waals surface area contributed by atoms with E-state index in [1.54, 1.807) is 11.6 Å². The van der Waals surface area contributed by atoms with Crippen LogP contribution in [0.15, 0.2) is 34.1 Å². The van der Waals surface area contributed by atoms with E-state index in [9.17, 15) is 13.6 Å². The molecule has 1 aromatic carbocycles. The van der Waals surface area contributed by atoms with Gasteiger partial charge in [0.2, 0.25) is 0 Å². The van der Waals surface area contributed by atoms with Gasteiger partial charge in [0, 0.05) is 13.1 Å². The van der Waals surface area contributed by atoms with E-state index in [2.05, 4.69) is 25.9 Å². The van der Waals surface area contributed by atoms with Gasteiger partial charge in [0.05, 0.1) is 12.0 Å². The van der Waals surface area contributed by atoms with E-state index in [0.717, 1.165) is 16.7 Å². The molecule has 20 heavy (non-hydrogen) atoms. The summed E-state index contributed by atoms with van der Waals surface area (Å²) >= 11 is 3.16. The molecule has 3 aromatic rings. The SMILES string of the molecule is Cn1cnc2c(=O)n(-c3ccc(F)c(F)c3)c(Br)nc21. The summed E-state index contributed by atoms with van der Waals surface area (Å²) in [4.78, 5) is 20.5. The molecule has 0 unspecified atom stereocenters. The molecule has 0 fully saturated rings. The zero-order valence-electron chi connectivity index (χ0n) is 10.1. The van der Waals surface area contributed by atoms with Gasteiger partial charge in [-0.3, -0.25) is 9.36 Å². The molecule has 0 spiro atoms. The Labute approximate surface area is 119 Å². The van der Waals surface area contributed by atoms with Crippen molar-refractivity contribution in [1.82, 2.24) is 19.1 Å². The summed E-state index contributed by atoms with van der Waals surface area (Å²) in [5.74, 6) is -2.02. The second kappa shape index (κ2) is 4.48. The summed E-state index contributed by atoms with van der Waals surface area (Å²) in [6.07, 6.45) is 1.46. The summed E-state index contributed by atoms with van der Waals surface area (Å²) in [5, 5.41) is 0. The summed E-state index contributed by atoms with van der Waals surface area (Å²) in [6.45, 7) is 0. The lowest BCUT2D eigenvalue weighted by Gasteiger charge is -2.08. The fraction of sp³-hybridized carbons (Fsp3) is 0.0833. The Morgan fingerprint density at radius 1 is 1.25 bits per heavy atom. The zero-order chi connectivity index (χ0) is 14.4. The predicted molar refractivity (Wildman–Crippen MR) is 71.7 cm³/mol. The third kappa shape index (κ3) is 1.83. The molecule has 0 N–H and O–H groups in total. The number of imidazole rings is 1. The fourth-order valence-corrected chi connectivity index (χ4v) is 2.42. The second-order valence-corrected chi connectivity index (χ2v) is 4.86. The van der Waals surface area contributed by atoms with Gasteiger partial charge in [-0.05, 0) is 28.1 Å². The number of hydrogen-bond donors (Lipinski definition) is 0. The van der Waals surface area contributed by atoms with Gasteiger partial charge >= 0.3 is 0 Å². The average molecular weight is 341 g/mol. The van der Waals surface area contributed by atoms with Gasteiger partial charge in [0.25, 0.3) is 5.56 Å². The minimum Gasteiger partial charge on any atom is -0.318 e. The minimum atomic E-state index is -1.04. The van der Waals surface area contributed by atoms with Crippen molar-refractivity contribution in [2.24, 2.45) is 7.05 Å². The van der Waals surface area contributed by atoms with Gasteiger partial charge in [0.15, 0.2) is 27.5 Å². The third-order valence-electron chi connectivity index (χ3n) is 2.86. The van der Waals surface area contributed by atoms with E-state index in [1.807, 2.05) is 0 Å². The molecule has 0 bridgehead atoms. The molecule has 102 valence electrons. The molecule has 0 amide bonds. The van der Waals surface area contributed by atoms with Gasteiger partial charge in [-0.1, -0.05) is 0 Å². The maximum Gasteiger partial charge on any atom is 0.286 e. The number of hydrogen-bond acceptors (Lipinski definition) is 3. The van der Waals surface area contributed by atoms with Crippen LogP contribution in [0.4, 0.5) is 8.78 Å². The number of aryl methyl sites for hydroxylation is 1. The second-order valence-electron chi connectivity index (χ2n) is 4.15. The zero-order valence-corrected chi connectivity index (χ0v) is 11.7. The number of rotatable bonds is 1. The number of fused-ring (bicyclic) bond motifs is 1. The molecule has 0 aliphatic carbocycles. The van der Waals surface area contributed by atoms with E-state index in [0.29, 0.717) is 5.65 Å². The fourth-order valence-electron chi connectivity index (χ4n) is 1.88. The van der Waals surface area contributed by atoms with E-state index >= 15 is 0 Å². The van der Waals surface area contributed by atoms with Crippen molar-refractivity contribution >= 4 is 27.1 Å². The number of benzene rings is 1. The quantitative estimate of drug-likeness (QED) is 0.638. The van der Waals surface area contributed by atoms with Crippen molar-refractivity contribution in [3.63, 3.8) is 0 Å². The number of aromatic nitrogens is 4. The van der Waals surface area contributed by atoms with E-state index in [-0.39, 0.29) is 15.9 Å². The Balaban J connectivity index is 2.36. The Kier molecular flexibility index (Phi) is 2.89. The lowest BCUT2D eigenvalue weighted by Crippen LogP contribution is -2.21. The van der Waals surface area contributed by atoms with Crippen LogP contribution < -0.4 is 5.56 Å². The number of nitrogens with zero attached hydrogens (tertiary/aromatic N) is 4.